The van der Waals surface area contributed by atoms with Gasteiger partial charge in [0.25, 0.3) is 5.91 Å². The van der Waals surface area contributed by atoms with Crippen molar-refractivity contribution in [3.05, 3.63) is 76.9 Å². The molecular weight excluding hydrogens is 528 g/mol. The third kappa shape index (κ3) is 4.68. The first-order valence-electron chi connectivity index (χ1n) is 12.9. The van der Waals surface area contributed by atoms with Crippen molar-refractivity contribution in [2.24, 2.45) is 0 Å². The van der Waals surface area contributed by atoms with Crippen LogP contribution in [0.15, 0.2) is 60.8 Å². The molecule has 1 atom stereocenters. The Kier molecular flexibility index (Phi) is 6.30. The molecule has 2 aromatic heterocycles. The first kappa shape index (κ1) is 25.6. The van der Waals surface area contributed by atoms with Crippen molar-refractivity contribution in [1.82, 2.24) is 25.5 Å². The molecule has 0 aliphatic carbocycles. The number of pyridine rings is 1. The summed E-state index contributed by atoms with van der Waals surface area (Å²) in [5.41, 5.74) is 3.53. The van der Waals surface area contributed by atoms with Crippen LogP contribution in [0.1, 0.15) is 47.6 Å². The van der Waals surface area contributed by atoms with Crippen molar-refractivity contribution in [3.63, 3.8) is 0 Å². The lowest BCUT2D eigenvalue weighted by Crippen LogP contribution is -2.52. The van der Waals surface area contributed by atoms with Crippen molar-refractivity contribution >= 4 is 51.0 Å². The summed E-state index contributed by atoms with van der Waals surface area (Å²) in [6.45, 7) is 4.02. The maximum Gasteiger partial charge on any atom is 0.319 e. The zero-order valence-electron chi connectivity index (χ0n) is 21.9. The number of benzene rings is 2. The number of hydrogen-bond acceptors (Lipinski definition) is 7. The Balaban J connectivity index is 1.16. The van der Waals surface area contributed by atoms with Crippen molar-refractivity contribution in [2.45, 2.75) is 44.8 Å². The molecule has 1 saturated heterocycles. The first-order valence-corrected chi connectivity index (χ1v) is 13.7. The molecule has 5 amide bonds. The Morgan fingerprint density at radius 3 is 2.70 bits per heavy atom. The Labute approximate surface area is 233 Å². The van der Waals surface area contributed by atoms with E-state index in [0.717, 1.165) is 26.5 Å². The number of aromatic nitrogens is 2. The van der Waals surface area contributed by atoms with Crippen LogP contribution in [-0.4, -0.2) is 44.7 Å². The minimum atomic E-state index is -0.773. The largest absolute Gasteiger partial charge is 0.326 e. The van der Waals surface area contributed by atoms with Crippen LogP contribution >= 0.6 is 11.3 Å². The quantitative estimate of drug-likeness (QED) is 0.317. The van der Waals surface area contributed by atoms with Gasteiger partial charge in [0.05, 0.1) is 21.4 Å². The molecule has 3 N–H and O–H groups in total. The second-order valence-electron chi connectivity index (χ2n) is 10.4. The zero-order valence-corrected chi connectivity index (χ0v) is 22.7. The zero-order chi connectivity index (χ0) is 28.0. The van der Waals surface area contributed by atoms with Gasteiger partial charge in [-0.3, -0.25) is 24.7 Å². The molecule has 0 saturated carbocycles. The molecule has 0 spiro atoms. The van der Waals surface area contributed by atoms with Gasteiger partial charge in [-0.1, -0.05) is 18.2 Å². The van der Waals surface area contributed by atoms with E-state index in [-0.39, 0.29) is 24.8 Å². The maximum absolute atomic E-state index is 13.0. The number of urea groups is 1. The molecule has 1 fully saturated rings. The van der Waals surface area contributed by atoms with Gasteiger partial charge in [-0.2, -0.15) is 0 Å². The Morgan fingerprint density at radius 2 is 1.93 bits per heavy atom. The molecule has 10 nitrogen and oxygen atoms in total. The second-order valence-corrected chi connectivity index (χ2v) is 11.4. The fraction of sp³-hybridized carbons (Fsp3) is 0.241. The molecule has 6 rings (SSSR count). The average molecular weight is 555 g/mol. The summed E-state index contributed by atoms with van der Waals surface area (Å²) < 4.78 is 0.997. The number of nitrogens with zero attached hydrogens (tertiary/aromatic N) is 3. The third-order valence-electron chi connectivity index (χ3n) is 7.10. The van der Waals surface area contributed by atoms with Gasteiger partial charge in [0.1, 0.15) is 11.0 Å². The van der Waals surface area contributed by atoms with Gasteiger partial charge < -0.3 is 15.5 Å². The van der Waals surface area contributed by atoms with E-state index in [0.29, 0.717) is 23.2 Å². The topological polar surface area (TPSA) is 133 Å². The SMILES string of the molecule is CC(C)(NC(=O)Nc1ccc2c(c1)CN(C1CCC(=O)NC1=O)C2=O)c1nc2c(-c3ccccn3)cccc2s1. The number of fused-ring (bicyclic) bond motifs is 2. The molecule has 11 heteroatoms. The van der Waals surface area contributed by atoms with E-state index in [9.17, 15) is 19.2 Å². The maximum atomic E-state index is 13.0. The Hall–Kier alpha value is -4.64. The summed E-state index contributed by atoms with van der Waals surface area (Å²) in [5.74, 6) is -1.05. The van der Waals surface area contributed by atoms with Crippen molar-refractivity contribution in [3.8, 4) is 11.3 Å². The number of carbonyl (C=O) groups excluding carboxylic acids is 4. The molecule has 2 aromatic carbocycles. The Bertz CT molecular complexity index is 1680. The standard InChI is InChI=1S/C29H26N6O4S/c1-29(2,27-33-24-19(6-5-8-22(24)40-27)20-7-3-4-13-30-20)34-28(39)31-17-9-10-18-16(14-17)15-35(26(18)38)21-11-12-23(36)32-25(21)37/h3-10,13-14,21H,11-12,15H2,1-2H3,(H2,31,34,39)(H,32,36,37). The lowest BCUT2D eigenvalue weighted by atomic mass is 10.0. The van der Waals surface area contributed by atoms with Gasteiger partial charge in [-0.05, 0) is 62.2 Å². The number of thiazole rings is 1. The lowest BCUT2D eigenvalue weighted by Gasteiger charge is -2.29. The highest BCUT2D eigenvalue weighted by atomic mass is 32.1. The van der Waals surface area contributed by atoms with E-state index < -0.39 is 23.5 Å². The van der Waals surface area contributed by atoms with Crippen LogP contribution in [0.5, 0.6) is 0 Å². The lowest BCUT2D eigenvalue weighted by molar-refractivity contribution is -0.136. The fourth-order valence-electron chi connectivity index (χ4n) is 5.10. The summed E-state index contributed by atoms with van der Waals surface area (Å²) in [4.78, 5) is 60.6. The Morgan fingerprint density at radius 1 is 1.07 bits per heavy atom. The molecule has 0 radical (unpaired) electrons. The van der Waals surface area contributed by atoms with Gasteiger partial charge in [0.2, 0.25) is 11.8 Å². The number of para-hydroxylation sites is 1. The summed E-state index contributed by atoms with van der Waals surface area (Å²) in [5, 5.41) is 8.92. The average Bonchev–Trinajstić information content (AvgIpc) is 3.51. The van der Waals surface area contributed by atoms with E-state index >= 15 is 0 Å². The number of carbonyl (C=O) groups is 4. The predicted octanol–water partition coefficient (Wildman–Crippen LogP) is 4.18. The number of anilines is 1. The van der Waals surface area contributed by atoms with E-state index in [4.69, 9.17) is 4.98 Å². The number of amides is 5. The molecule has 2 aliphatic heterocycles. The minimum absolute atomic E-state index is 0.193. The number of nitrogens with one attached hydrogen (secondary N) is 3. The first-order chi connectivity index (χ1) is 19.2. The molecular formula is C29H26N6O4S. The summed E-state index contributed by atoms with van der Waals surface area (Å²) in [6.07, 6.45) is 2.24. The monoisotopic (exact) mass is 554 g/mol. The molecule has 4 aromatic rings. The van der Waals surface area contributed by atoms with Crippen molar-refractivity contribution < 1.29 is 19.2 Å². The molecule has 2 aliphatic rings. The normalized spacial score (nSPS) is 17.1. The summed E-state index contributed by atoms with van der Waals surface area (Å²) >= 11 is 1.51. The smallest absolute Gasteiger partial charge is 0.319 e. The van der Waals surface area contributed by atoms with E-state index in [2.05, 4.69) is 20.9 Å². The van der Waals surface area contributed by atoms with Crippen molar-refractivity contribution in [1.29, 1.82) is 0 Å². The third-order valence-corrected chi connectivity index (χ3v) is 8.45. The predicted molar refractivity (Wildman–Crippen MR) is 151 cm³/mol. The van der Waals surface area contributed by atoms with Crippen LogP contribution in [0.4, 0.5) is 10.5 Å². The summed E-state index contributed by atoms with van der Waals surface area (Å²) in [6, 6.07) is 15.7. The van der Waals surface area contributed by atoms with E-state index in [1.807, 2.05) is 50.2 Å². The van der Waals surface area contributed by atoms with E-state index in [1.54, 1.807) is 24.4 Å². The molecule has 202 valence electrons. The molecule has 0 bridgehead atoms. The highest BCUT2D eigenvalue weighted by molar-refractivity contribution is 7.18. The van der Waals surface area contributed by atoms with Crippen LogP contribution in [-0.2, 0) is 21.7 Å². The van der Waals surface area contributed by atoms with E-state index in [1.165, 1.54) is 16.2 Å². The van der Waals surface area contributed by atoms with Gasteiger partial charge in [0, 0.05) is 36.0 Å². The van der Waals surface area contributed by atoms with Crippen LogP contribution in [0.3, 0.4) is 0 Å². The number of imide groups is 1. The summed E-state index contributed by atoms with van der Waals surface area (Å²) in [7, 11) is 0. The molecule has 1 unspecified atom stereocenters. The van der Waals surface area contributed by atoms with Gasteiger partial charge in [-0.15, -0.1) is 11.3 Å². The number of piperidine rings is 1. The highest BCUT2D eigenvalue weighted by Gasteiger charge is 2.39. The van der Waals surface area contributed by atoms with Crippen LogP contribution < -0.4 is 16.0 Å². The van der Waals surface area contributed by atoms with Gasteiger partial charge in [0.15, 0.2) is 0 Å². The van der Waals surface area contributed by atoms with Crippen LogP contribution in [0.25, 0.3) is 21.5 Å². The number of hydrogen-bond donors (Lipinski definition) is 3. The fourth-order valence-corrected chi connectivity index (χ4v) is 6.15. The molecule has 40 heavy (non-hydrogen) atoms. The highest BCUT2D eigenvalue weighted by Crippen LogP contribution is 2.35. The van der Waals surface area contributed by atoms with Crippen LogP contribution in [0.2, 0.25) is 0 Å². The van der Waals surface area contributed by atoms with Crippen LogP contribution in [0, 0.1) is 0 Å². The van der Waals surface area contributed by atoms with Gasteiger partial charge >= 0.3 is 6.03 Å². The minimum Gasteiger partial charge on any atom is -0.326 e. The van der Waals surface area contributed by atoms with Gasteiger partial charge in [-0.25, -0.2) is 9.78 Å². The second kappa shape index (κ2) is 9.83. The van der Waals surface area contributed by atoms with Crippen molar-refractivity contribution in [2.75, 3.05) is 5.32 Å². The number of rotatable bonds is 5. The molecule has 4 heterocycles.